The number of hydrogen-bond donors (Lipinski definition) is 1. The topological polar surface area (TPSA) is 66.0 Å². The van der Waals surface area contributed by atoms with Crippen molar-refractivity contribution >= 4 is 29.0 Å². The summed E-state index contributed by atoms with van der Waals surface area (Å²) in [6.45, 7) is 7.53. The molecule has 0 unspecified atom stereocenters. The van der Waals surface area contributed by atoms with E-state index in [-0.39, 0.29) is 5.82 Å². The Labute approximate surface area is 166 Å². The molecule has 0 atom stereocenters. The van der Waals surface area contributed by atoms with Gasteiger partial charge in [-0.3, -0.25) is 0 Å². The van der Waals surface area contributed by atoms with Crippen molar-refractivity contribution in [3.63, 3.8) is 0 Å². The number of carboxylic acid groups (broad SMARTS) is 1. The van der Waals surface area contributed by atoms with E-state index >= 15 is 0 Å². The largest absolute Gasteiger partial charge is 0.478 e. The predicted molar refractivity (Wildman–Crippen MR) is 109 cm³/mol. The average molecular weight is 394 g/mol. The van der Waals surface area contributed by atoms with Gasteiger partial charge in [-0.15, -0.1) is 11.3 Å². The lowest BCUT2D eigenvalue weighted by atomic mass is 10.0. The fourth-order valence-electron chi connectivity index (χ4n) is 3.23. The van der Waals surface area contributed by atoms with Gasteiger partial charge in [-0.2, -0.15) is 5.26 Å². The predicted octanol–water partition coefficient (Wildman–Crippen LogP) is 5.67. The Morgan fingerprint density at radius 3 is 2.43 bits per heavy atom. The van der Waals surface area contributed by atoms with Crippen LogP contribution in [-0.4, -0.2) is 15.6 Å². The summed E-state index contributed by atoms with van der Waals surface area (Å²) in [5, 5.41) is 19.9. The maximum Gasteiger partial charge on any atom is 0.339 e. The zero-order valence-electron chi connectivity index (χ0n) is 16.0. The quantitative estimate of drug-likeness (QED) is 0.580. The number of nitriles is 1. The SMILES string of the molecule is Cc1sc(-n2c(C)cc(C=C(C#N)c3ccc(F)cc3)c2C)c(C(=O)O)c1C. The molecular weight excluding hydrogens is 375 g/mol. The van der Waals surface area contributed by atoms with Crippen LogP contribution in [-0.2, 0) is 0 Å². The number of nitrogens with zero attached hydrogens (tertiary/aromatic N) is 2. The Hall–Kier alpha value is -3.17. The van der Waals surface area contributed by atoms with Gasteiger partial charge in [-0.25, -0.2) is 9.18 Å². The Morgan fingerprint density at radius 2 is 1.86 bits per heavy atom. The van der Waals surface area contributed by atoms with Gasteiger partial charge in [0.2, 0.25) is 0 Å². The van der Waals surface area contributed by atoms with Crippen LogP contribution in [0.3, 0.4) is 0 Å². The van der Waals surface area contributed by atoms with Gasteiger partial charge in [0.15, 0.2) is 0 Å². The van der Waals surface area contributed by atoms with E-state index in [1.165, 1.54) is 23.5 Å². The number of halogens is 1. The van der Waals surface area contributed by atoms with Gasteiger partial charge in [-0.05, 0) is 68.7 Å². The van der Waals surface area contributed by atoms with Crippen molar-refractivity contribution in [2.24, 2.45) is 0 Å². The zero-order valence-corrected chi connectivity index (χ0v) is 16.8. The first-order chi connectivity index (χ1) is 13.2. The smallest absolute Gasteiger partial charge is 0.339 e. The number of aromatic nitrogens is 1. The molecule has 6 heteroatoms. The lowest BCUT2D eigenvalue weighted by Gasteiger charge is -2.09. The highest BCUT2D eigenvalue weighted by molar-refractivity contribution is 7.15. The van der Waals surface area contributed by atoms with Gasteiger partial charge in [0.1, 0.15) is 10.8 Å². The minimum atomic E-state index is -0.953. The molecule has 4 nitrogen and oxygen atoms in total. The van der Waals surface area contributed by atoms with E-state index in [9.17, 15) is 19.6 Å². The molecule has 3 rings (SSSR count). The number of carbonyl (C=O) groups is 1. The average Bonchev–Trinajstić information content (AvgIpc) is 3.09. The van der Waals surface area contributed by atoms with Crippen LogP contribution < -0.4 is 0 Å². The molecule has 0 aliphatic rings. The lowest BCUT2D eigenvalue weighted by molar-refractivity contribution is 0.0696. The summed E-state index contributed by atoms with van der Waals surface area (Å²) >= 11 is 1.44. The normalized spacial score (nSPS) is 11.5. The fraction of sp³-hybridized carbons (Fsp3) is 0.182. The van der Waals surface area contributed by atoms with E-state index in [0.717, 1.165) is 27.4 Å². The minimum Gasteiger partial charge on any atom is -0.478 e. The summed E-state index contributed by atoms with van der Waals surface area (Å²) < 4.78 is 15.1. The van der Waals surface area contributed by atoms with Crippen molar-refractivity contribution in [3.8, 4) is 11.1 Å². The fourth-order valence-corrected chi connectivity index (χ4v) is 4.49. The molecule has 0 amide bonds. The Bertz CT molecular complexity index is 1140. The van der Waals surface area contributed by atoms with Crippen LogP contribution in [0.2, 0.25) is 0 Å². The Kier molecular flexibility index (Phi) is 5.21. The highest BCUT2D eigenvalue weighted by Gasteiger charge is 2.23. The van der Waals surface area contributed by atoms with Gasteiger partial charge < -0.3 is 9.67 Å². The second kappa shape index (κ2) is 7.45. The molecule has 142 valence electrons. The highest BCUT2D eigenvalue weighted by atomic mass is 32.1. The molecule has 0 aliphatic carbocycles. The van der Waals surface area contributed by atoms with Crippen LogP contribution in [0.4, 0.5) is 4.39 Å². The maximum absolute atomic E-state index is 13.2. The Balaban J connectivity index is 2.16. The van der Waals surface area contributed by atoms with Crippen LogP contribution in [0, 0.1) is 44.8 Å². The van der Waals surface area contributed by atoms with Crippen molar-refractivity contribution in [3.05, 3.63) is 74.7 Å². The first kappa shape index (κ1) is 19.6. The molecule has 2 aromatic heterocycles. The number of allylic oxidation sites excluding steroid dienone is 1. The molecule has 28 heavy (non-hydrogen) atoms. The van der Waals surface area contributed by atoms with Crippen LogP contribution in [0.25, 0.3) is 16.7 Å². The van der Waals surface area contributed by atoms with Gasteiger partial charge in [0.05, 0.1) is 17.2 Å². The molecule has 3 aromatic rings. The standard InChI is InChI=1S/C22H19FN2O2S/c1-12-9-17(10-18(11-24)16-5-7-19(23)8-6-16)14(3)25(12)21-20(22(26)27)13(2)15(4)28-21/h5-10H,1-4H3,(H,26,27). The number of benzene rings is 1. The molecule has 0 fully saturated rings. The minimum absolute atomic E-state index is 0.305. The summed E-state index contributed by atoms with van der Waals surface area (Å²) in [6.07, 6.45) is 1.75. The number of thiophene rings is 1. The number of hydrogen-bond acceptors (Lipinski definition) is 3. The van der Waals surface area contributed by atoms with Crippen LogP contribution in [0.5, 0.6) is 0 Å². The molecule has 0 spiro atoms. The molecule has 0 saturated carbocycles. The van der Waals surface area contributed by atoms with Gasteiger partial charge in [-0.1, -0.05) is 12.1 Å². The molecule has 1 N–H and O–H groups in total. The van der Waals surface area contributed by atoms with Crippen molar-refractivity contribution in [1.82, 2.24) is 4.57 Å². The summed E-state index contributed by atoms with van der Waals surface area (Å²) in [7, 11) is 0. The van der Waals surface area contributed by atoms with E-state index in [0.29, 0.717) is 21.7 Å². The third-order valence-corrected chi connectivity index (χ3v) is 6.02. The Morgan fingerprint density at radius 1 is 1.21 bits per heavy atom. The maximum atomic E-state index is 13.2. The summed E-state index contributed by atoms with van der Waals surface area (Å²) in [6, 6.07) is 9.86. The van der Waals surface area contributed by atoms with Crippen molar-refractivity contribution in [1.29, 1.82) is 5.26 Å². The second-order valence-electron chi connectivity index (χ2n) is 6.61. The van der Waals surface area contributed by atoms with E-state index < -0.39 is 5.97 Å². The molecule has 0 radical (unpaired) electrons. The van der Waals surface area contributed by atoms with Crippen LogP contribution >= 0.6 is 11.3 Å². The third kappa shape index (κ3) is 3.37. The first-order valence-corrected chi connectivity index (χ1v) is 9.46. The first-order valence-electron chi connectivity index (χ1n) is 8.65. The number of aromatic carboxylic acids is 1. The van der Waals surface area contributed by atoms with E-state index in [2.05, 4.69) is 6.07 Å². The number of carboxylic acids is 1. The number of aryl methyl sites for hydroxylation is 2. The van der Waals surface area contributed by atoms with Gasteiger partial charge in [0.25, 0.3) is 0 Å². The third-order valence-electron chi connectivity index (χ3n) is 4.83. The summed E-state index contributed by atoms with van der Waals surface area (Å²) in [5.74, 6) is -1.31. The van der Waals surface area contributed by atoms with Crippen LogP contribution in [0.15, 0.2) is 30.3 Å². The van der Waals surface area contributed by atoms with Gasteiger partial charge >= 0.3 is 5.97 Å². The molecule has 1 aromatic carbocycles. The van der Waals surface area contributed by atoms with Crippen molar-refractivity contribution in [2.75, 3.05) is 0 Å². The zero-order chi connectivity index (χ0) is 20.6. The highest BCUT2D eigenvalue weighted by Crippen LogP contribution is 2.34. The molecule has 0 saturated heterocycles. The monoisotopic (exact) mass is 394 g/mol. The molecule has 0 aliphatic heterocycles. The summed E-state index contributed by atoms with van der Waals surface area (Å²) in [4.78, 5) is 12.8. The second-order valence-corrected chi connectivity index (χ2v) is 7.81. The molecule has 2 heterocycles. The van der Waals surface area contributed by atoms with Crippen LogP contribution in [0.1, 0.15) is 43.3 Å². The van der Waals surface area contributed by atoms with Gasteiger partial charge in [0, 0.05) is 16.3 Å². The van der Waals surface area contributed by atoms with E-state index in [1.807, 2.05) is 38.3 Å². The van der Waals surface area contributed by atoms with Crippen molar-refractivity contribution in [2.45, 2.75) is 27.7 Å². The van der Waals surface area contributed by atoms with E-state index in [4.69, 9.17) is 0 Å². The lowest BCUT2D eigenvalue weighted by Crippen LogP contribution is -2.06. The molecular formula is C22H19FN2O2S. The number of rotatable bonds is 4. The van der Waals surface area contributed by atoms with E-state index in [1.54, 1.807) is 18.2 Å². The molecule has 0 bridgehead atoms. The van der Waals surface area contributed by atoms with Crippen molar-refractivity contribution < 1.29 is 14.3 Å². The summed E-state index contributed by atoms with van der Waals surface area (Å²) in [5.41, 5.74) is 4.65.